The molecule has 0 unspecified atom stereocenters. The van der Waals surface area contributed by atoms with E-state index in [2.05, 4.69) is 110 Å². The van der Waals surface area contributed by atoms with Gasteiger partial charge in [0.15, 0.2) is 0 Å². The third-order valence-electron chi connectivity index (χ3n) is 6.49. The maximum Gasteiger partial charge on any atom is 0.0447 e. The van der Waals surface area contributed by atoms with E-state index in [-0.39, 0.29) is 5.41 Å². The number of hydrogen-bond acceptors (Lipinski definition) is 0. The molecule has 1 aliphatic carbocycles. The van der Waals surface area contributed by atoms with Gasteiger partial charge < -0.3 is 0 Å². The van der Waals surface area contributed by atoms with Gasteiger partial charge in [0, 0.05) is 5.41 Å². The summed E-state index contributed by atoms with van der Waals surface area (Å²) in [5, 5.41) is 5.30. The molecule has 0 saturated carbocycles. The lowest BCUT2D eigenvalue weighted by molar-refractivity contribution is 0.728. The molecular weight excluding hydrogens is 336 g/mol. The van der Waals surface area contributed by atoms with Crippen LogP contribution in [0.4, 0.5) is 0 Å². The first-order chi connectivity index (χ1) is 13.8. The standard InChI is InChI=1S/C28H20/c1-28(25-16-8-6-14-23(25)24-15-7-9-17-26(24)28)27-21-12-4-2-10-19(21)18-20-11-3-5-13-22(20)27/h2-18H,1H3. The Kier molecular flexibility index (Phi) is 3.11. The molecule has 132 valence electrons. The number of rotatable bonds is 1. The van der Waals surface area contributed by atoms with E-state index < -0.39 is 0 Å². The van der Waals surface area contributed by atoms with Crippen LogP contribution in [0.1, 0.15) is 23.6 Å². The Morgan fingerprint density at radius 3 is 1.46 bits per heavy atom. The van der Waals surface area contributed by atoms with Crippen LogP contribution >= 0.6 is 0 Å². The molecule has 0 heterocycles. The molecule has 6 rings (SSSR count). The summed E-state index contributed by atoms with van der Waals surface area (Å²) in [5.74, 6) is 0. The van der Waals surface area contributed by atoms with Gasteiger partial charge in [-0.1, -0.05) is 97.1 Å². The van der Waals surface area contributed by atoms with Crippen molar-refractivity contribution in [2.24, 2.45) is 0 Å². The fourth-order valence-electron chi connectivity index (χ4n) is 5.27. The molecule has 28 heavy (non-hydrogen) atoms. The van der Waals surface area contributed by atoms with Gasteiger partial charge in [0.2, 0.25) is 0 Å². The molecular formula is C28H20. The summed E-state index contributed by atoms with van der Waals surface area (Å²) < 4.78 is 0. The molecule has 0 bridgehead atoms. The molecule has 5 aromatic carbocycles. The van der Waals surface area contributed by atoms with Gasteiger partial charge in [-0.2, -0.15) is 0 Å². The average molecular weight is 356 g/mol. The van der Waals surface area contributed by atoms with Crippen molar-refractivity contribution in [3.63, 3.8) is 0 Å². The highest BCUT2D eigenvalue weighted by Gasteiger charge is 2.42. The van der Waals surface area contributed by atoms with E-state index in [0.29, 0.717) is 0 Å². The molecule has 1 aliphatic rings. The lowest BCUT2D eigenvalue weighted by atomic mass is 9.71. The van der Waals surface area contributed by atoms with Crippen molar-refractivity contribution in [1.82, 2.24) is 0 Å². The van der Waals surface area contributed by atoms with Crippen LogP contribution in [0.25, 0.3) is 32.7 Å². The zero-order valence-electron chi connectivity index (χ0n) is 15.8. The predicted molar refractivity (Wildman–Crippen MR) is 119 cm³/mol. The van der Waals surface area contributed by atoms with E-state index in [1.54, 1.807) is 0 Å². The van der Waals surface area contributed by atoms with Gasteiger partial charge in [-0.15, -0.1) is 0 Å². The van der Waals surface area contributed by atoms with Crippen molar-refractivity contribution >= 4 is 21.5 Å². The first-order valence-electron chi connectivity index (χ1n) is 9.89. The normalized spacial score (nSPS) is 14.2. The van der Waals surface area contributed by atoms with Gasteiger partial charge in [0.1, 0.15) is 0 Å². The van der Waals surface area contributed by atoms with Crippen molar-refractivity contribution < 1.29 is 0 Å². The Morgan fingerprint density at radius 1 is 0.500 bits per heavy atom. The fraction of sp³-hybridized carbons (Fsp3) is 0.0714. The van der Waals surface area contributed by atoms with E-state index in [9.17, 15) is 0 Å². The highest BCUT2D eigenvalue weighted by atomic mass is 14.4. The summed E-state index contributed by atoms with van der Waals surface area (Å²) >= 11 is 0. The number of hydrogen-bond donors (Lipinski definition) is 0. The SMILES string of the molecule is CC1(c2c3ccccc3cc3ccccc23)c2ccccc2-c2ccccc21. The van der Waals surface area contributed by atoms with Crippen molar-refractivity contribution in [3.8, 4) is 11.1 Å². The highest BCUT2D eigenvalue weighted by Crippen LogP contribution is 2.54. The number of fused-ring (bicyclic) bond motifs is 5. The fourth-order valence-corrected chi connectivity index (χ4v) is 5.27. The van der Waals surface area contributed by atoms with E-state index in [1.807, 2.05) is 0 Å². The Hall–Kier alpha value is -3.38. The van der Waals surface area contributed by atoms with Crippen LogP contribution in [-0.2, 0) is 5.41 Å². The summed E-state index contributed by atoms with van der Waals surface area (Å²) in [6.07, 6.45) is 0. The molecule has 0 aromatic heterocycles. The van der Waals surface area contributed by atoms with Crippen molar-refractivity contribution in [2.75, 3.05) is 0 Å². The maximum absolute atomic E-state index is 2.41. The van der Waals surface area contributed by atoms with Crippen LogP contribution in [-0.4, -0.2) is 0 Å². The van der Waals surface area contributed by atoms with Crippen LogP contribution in [0.5, 0.6) is 0 Å². The average Bonchev–Trinajstić information content (AvgIpc) is 3.02. The van der Waals surface area contributed by atoms with Crippen LogP contribution in [0.3, 0.4) is 0 Å². The van der Waals surface area contributed by atoms with Gasteiger partial charge in [0.05, 0.1) is 0 Å². The molecule has 0 fully saturated rings. The minimum absolute atomic E-state index is 0.187. The smallest absolute Gasteiger partial charge is 0.0447 e. The first-order valence-corrected chi connectivity index (χ1v) is 9.89. The third kappa shape index (κ3) is 1.90. The Balaban J connectivity index is 1.86. The monoisotopic (exact) mass is 356 g/mol. The summed E-state index contributed by atoms with van der Waals surface area (Å²) in [6, 6.07) is 37.8. The van der Waals surface area contributed by atoms with Crippen molar-refractivity contribution in [3.05, 3.63) is 120 Å². The summed E-state index contributed by atoms with van der Waals surface area (Å²) in [4.78, 5) is 0. The molecule has 0 radical (unpaired) electrons. The summed E-state index contributed by atoms with van der Waals surface area (Å²) in [7, 11) is 0. The highest BCUT2D eigenvalue weighted by molar-refractivity contribution is 6.05. The zero-order chi connectivity index (χ0) is 18.7. The second kappa shape index (κ2) is 5.56. The zero-order valence-corrected chi connectivity index (χ0v) is 15.8. The van der Waals surface area contributed by atoms with Gasteiger partial charge in [-0.05, 0) is 62.4 Å². The maximum atomic E-state index is 2.41. The van der Waals surface area contributed by atoms with Crippen LogP contribution in [0.15, 0.2) is 103 Å². The first kappa shape index (κ1) is 15.7. The molecule has 0 nitrogen and oxygen atoms in total. The molecule has 0 amide bonds. The Bertz CT molecular complexity index is 1270. The second-order valence-corrected chi connectivity index (χ2v) is 7.91. The van der Waals surface area contributed by atoms with Gasteiger partial charge in [0.25, 0.3) is 0 Å². The van der Waals surface area contributed by atoms with E-state index in [1.165, 1.54) is 49.4 Å². The topological polar surface area (TPSA) is 0 Å². The molecule has 0 atom stereocenters. The lowest BCUT2D eigenvalue weighted by Gasteiger charge is -2.31. The Morgan fingerprint density at radius 2 is 0.929 bits per heavy atom. The van der Waals surface area contributed by atoms with E-state index in [4.69, 9.17) is 0 Å². The minimum atomic E-state index is -0.187. The van der Waals surface area contributed by atoms with Crippen LogP contribution < -0.4 is 0 Å². The van der Waals surface area contributed by atoms with Crippen LogP contribution in [0.2, 0.25) is 0 Å². The molecule has 0 aliphatic heterocycles. The predicted octanol–water partition coefficient (Wildman–Crippen LogP) is 7.33. The quantitative estimate of drug-likeness (QED) is 0.276. The molecule has 0 heteroatoms. The van der Waals surface area contributed by atoms with Crippen LogP contribution in [0, 0.1) is 0 Å². The second-order valence-electron chi connectivity index (χ2n) is 7.91. The largest absolute Gasteiger partial charge is 0.0619 e. The lowest BCUT2D eigenvalue weighted by Crippen LogP contribution is -2.23. The minimum Gasteiger partial charge on any atom is -0.0619 e. The van der Waals surface area contributed by atoms with Crippen molar-refractivity contribution in [1.29, 1.82) is 0 Å². The molecule has 5 aromatic rings. The molecule has 0 N–H and O–H groups in total. The molecule has 0 saturated heterocycles. The molecule has 0 spiro atoms. The van der Waals surface area contributed by atoms with E-state index >= 15 is 0 Å². The summed E-state index contributed by atoms with van der Waals surface area (Å²) in [6.45, 7) is 2.41. The van der Waals surface area contributed by atoms with Gasteiger partial charge in [-0.3, -0.25) is 0 Å². The third-order valence-corrected chi connectivity index (χ3v) is 6.49. The Labute approximate surface area is 165 Å². The van der Waals surface area contributed by atoms with Crippen molar-refractivity contribution in [2.45, 2.75) is 12.3 Å². The van der Waals surface area contributed by atoms with Gasteiger partial charge in [-0.25, -0.2) is 0 Å². The summed E-state index contributed by atoms with van der Waals surface area (Å²) in [5.41, 5.74) is 6.75. The van der Waals surface area contributed by atoms with Gasteiger partial charge >= 0.3 is 0 Å². The van der Waals surface area contributed by atoms with E-state index in [0.717, 1.165) is 0 Å². The number of benzene rings is 5.